The number of hydrogen-bond acceptors (Lipinski definition) is 4. The van der Waals surface area contributed by atoms with Gasteiger partial charge in [-0.1, -0.05) is 25.3 Å². The van der Waals surface area contributed by atoms with Crippen LogP contribution in [0.3, 0.4) is 0 Å². The first-order valence-corrected chi connectivity index (χ1v) is 4.59. The standard InChI is InChI=1S/C11H16O4/c1-5-10(14-8(3)12)7-11(6-2)15-9(4)13/h5-6,10-11H,1-2,7H2,3-4H3. The van der Waals surface area contributed by atoms with Crippen LogP contribution < -0.4 is 0 Å². The fraction of sp³-hybridized carbons (Fsp3) is 0.455. The van der Waals surface area contributed by atoms with Crippen LogP contribution in [0.25, 0.3) is 0 Å². The summed E-state index contributed by atoms with van der Waals surface area (Å²) in [5.41, 5.74) is 0. The van der Waals surface area contributed by atoms with E-state index in [-0.39, 0.29) is 0 Å². The third kappa shape index (κ3) is 6.49. The maximum atomic E-state index is 10.7. The lowest BCUT2D eigenvalue weighted by atomic mass is 10.1. The monoisotopic (exact) mass is 212 g/mol. The molecule has 15 heavy (non-hydrogen) atoms. The minimum absolute atomic E-state index is 0.339. The normalized spacial score (nSPS) is 13.5. The third-order valence-electron chi connectivity index (χ3n) is 1.63. The van der Waals surface area contributed by atoms with Crippen molar-refractivity contribution in [1.29, 1.82) is 0 Å². The molecule has 0 aromatic heterocycles. The van der Waals surface area contributed by atoms with E-state index in [1.165, 1.54) is 26.0 Å². The van der Waals surface area contributed by atoms with Gasteiger partial charge in [0.2, 0.25) is 0 Å². The molecular formula is C11H16O4. The number of rotatable bonds is 6. The Kier molecular flexibility index (Phi) is 6.09. The Morgan fingerprint density at radius 2 is 1.40 bits per heavy atom. The minimum Gasteiger partial charge on any atom is -0.458 e. The summed E-state index contributed by atoms with van der Waals surface area (Å²) in [4.78, 5) is 21.4. The van der Waals surface area contributed by atoms with E-state index in [2.05, 4.69) is 13.2 Å². The zero-order valence-electron chi connectivity index (χ0n) is 9.06. The molecule has 0 aliphatic heterocycles. The Balaban J connectivity index is 4.22. The summed E-state index contributed by atoms with van der Waals surface area (Å²) in [6.45, 7) is 9.68. The highest BCUT2D eigenvalue weighted by atomic mass is 16.6. The molecule has 0 heterocycles. The van der Waals surface area contributed by atoms with Gasteiger partial charge in [0.25, 0.3) is 0 Å². The van der Waals surface area contributed by atoms with Crippen molar-refractivity contribution in [3.8, 4) is 0 Å². The van der Waals surface area contributed by atoms with Crippen molar-refractivity contribution in [2.45, 2.75) is 32.5 Å². The van der Waals surface area contributed by atoms with Crippen LogP contribution in [0.1, 0.15) is 20.3 Å². The van der Waals surface area contributed by atoms with E-state index in [0.717, 1.165) is 0 Å². The van der Waals surface area contributed by atoms with Crippen LogP contribution in [0.2, 0.25) is 0 Å². The van der Waals surface area contributed by atoms with Gasteiger partial charge in [-0.15, -0.1) is 0 Å². The molecule has 0 aromatic carbocycles. The van der Waals surface area contributed by atoms with Crippen LogP contribution >= 0.6 is 0 Å². The second kappa shape index (κ2) is 6.81. The molecule has 0 aliphatic carbocycles. The van der Waals surface area contributed by atoms with Gasteiger partial charge >= 0.3 is 11.9 Å². The molecule has 2 unspecified atom stereocenters. The minimum atomic E-state index is -0.468. The summed E-state index contributed by atoms with van der Waals surface area (Å²) in [5, 5.41) is 0. The molecule has 0 aromatic rings. The van der Waals surface area contributed by atoms with Gasteiger partial charge in [-0.2, -0.15) is 0 Å². The van der Waals surface area contributed by atoms with E-state index in [1.54, 1.807) is 0 Å². The molecule has 0 radical (unpaired) electrons. The molecule has 0 spiro atoms. The van der Waals surface area contributed by atoms with Crippen molar-refractivity contribution in [3.63, 3.8) is 0 Å². The van der Waals surface area contributed by atoms with Crippen LogP contribution in [0.4, 0.5) is 0 Å². The first-order chi connectivity index (χ1) is 6.99. The van der Waals surface area contributed by atoms with Gasteiger partial charge in [-0.3, -0.25) is 9.59 Å². The lowest BCUT2D eigenvalue weighted by Gasteiger charge is -2.18. The van der Waals surface area contributed by atoms with Gasteiger partial charge in [0.05, 0.1) is 0 Å². The summed E-state index contributed by atoms with van der Waals surface area (Å²) in [6, 6.07) is 0. The maximum Gasteiger partial charge on any atom is 0.303 e. The second-order valence-electron chi connectivity index (χ2n) is 3.00. The molecule has 4 nitrogen and oxygen atoms in total. The summed E-state index contributed by atoms with van der Waals surface area (Å²) in [5.74, 6) is -0.795. The van der Waals surface area contributed by atoms with Gasteiger partial charge in [0, 0.05) is 20.3 Å². The maximum absolute atomic E-state index is 10.7. The van der Waals surface area contributed by atoms with Gasteiger partial charge in [0.1, 0.15) is 12.2 Å². The van der Waals surface area contributed by atoms with Crippen molar-refractivity contribution < 1.29 is 19.1 Å². The van der Waals surface area contributed by atoms with Gasteiger partial charge in [0.15, 0.2) is 0 Å². The number of hydrogen-bond donors (Lipinski definition) is 0. The molecule has 0 amide bonds. The van der Waals surface area contributed by atoms with Crippen molar-refractivity contribution in [2.75, 3.05) is 0 Å². The SMILES string of the molecule is C=CC(CC(C=C)OC(C)=O)OC(C)=O. The molecule has 0 saturated carbocycles. The summed E-state index contributed by atoms with van der Waals surface area (Å²) in [6.07, 6.45) is 2.38. The predicted octanol–water partition coefficient (Wildman–Crippen LogP) is 1.61. The smallest absolute Gasteiger partial charge is 0.303 e. The molecule has 0 bridgehead atoms. The van der Waals surface area contributed by atoms with Gasteiger partial charge in [-0.05, 0) is 0 Å². The molecule has 0 saturated heterocycles. The van der Waals surface area contributed by atoms with Gasteiger partial charge < -0.3 is 9.47 Å². The zero-order valence-corrected chi connectivity index (χ0v) is 9.06. The molecule has 0 aliphatic rings. The highest BCUT2D eigenvalue weighted by Gasteiger charge is 2.15. The highest BCUT2D eigenvalue weighted by molar-refractivity contribution is 5.67. The molecule has 0 rings (SSSR count). The van der Waals surface area contributed by atoms with E-state index in [0.29, 0.717) is 6.42 Å². The fourth-order valence-corrected chi connectivity index (χ4v) is 1.04. The Labute approximate surface area is 89.6 Å². The topological polar surface area (TPSA) is 52.6 Å². The first kappa shape index (κ1) is 13.4. The van der Waals surface area contributed by atoms with E-state index >= 15 is 0 Å². The summed E-state index contributed by atoms with van der Waals surface area (Å²) >= 11 is 0. The quantitative estimate of drug-likeness (QED) is 0.496. The van der Waals surface area contributed by atoms with E-state index < -0.39 is 24.1 Å². The molecule has 4 heteroatoms. The number of carbonyl (C=O) groups excluding carboxylic acids is 2. The average molecular weight is 212 g/mol. The number of esters is 2. The van der Waals surface area contributed by atoms with Crippen molar-refractivity contribution in [3.05, 3.63) is 25.3 Å². The van der Waals surface area contributed by atoms with Crippen LogP contribution in [0, 0.1) is 0 Å². The molecule has 84 valence electrons. The van der Waals surface area contributed by atoms with E-state index in [4.69, 9.17) is 9.47 Å². The van der Waals surface area contributed by atoms with Crippen molar-refractivity contribution >= 4 is 11.9 Å². The lowest BCUT2D eigenvalue weighted by molar-refractivity contribution is -0.148. The number of carbonyl (C=O) groups is 2. The Bertz CT molecular complexity index is 231. The van der Waals surface area contributed by atoms with Gasteiger partial charge in [-0.25, -0.2) is 0 Å². The van der Waals surface area contributed by atoms with Crippen molar-refractivity contribution in [2.24, 2.45) is 0 Å². The molecule has 0 fully saturated rings. The van der Waals surface area contributed by atoms with Crippen molar-refractivity contribution in [1.82, 2.24) is 0 Å². The largest absolute Gasteiger partial charge is 0.458 e. The van der Waals surface area contributed by atoms with E-state index in [1.807, 2.05) is 0 Å². The Morgan fingerprint density at radius 1 is 1.07 bits per heavy atom. The fourth-order valence-electron chi connectivity index (χ4n) is 1.04. The molecule has 2 atom stereocenters. The summed E-state index contributed by atoms with van der Waals surface area (Å²) < 4.78 is 9.83. The van der Waals surface area contributed by atoms with Crippen LogP contribution in [-0.2, 0) is 19.1 Å². The molecular weight excluding hydrogens is 196 g/mol. The summed E-state index contributed by atoms with van der Waals surface area (Å²) in [7, 11) is 0. The van der Waals surface area contributed by atoms with Crippen LogP contribution in [0.5, 0.6) is 0 Å². The highest BCUT2D eigenvalue weighted by Crippen LogP contribution is 2.09. The average Bonchev–Trinajstić information content (AvgIpc) is 2.14. The second-order valence-corrected chi connectivity index (χ2v) is 3.00. The first-order valence-electron chi connectivity index (χ1n) is 4.59. The lowest BCUT2D eigenvalue weighted by Crippen LogP contribution is -2.23. The Morgan fingerprint density at radius 3 is 1.60 bits per heavy atom. The Hall–Kier alpha value is -1.58. The van der Waals surface area contributed by atoms with Crippen LogP contribution in [0.15, 0.2) is 25.3 Å². The van der Waals surface area contributed by atoms with Crippen LogP contribution in [-0.4, -0.2) is 24.1 Å². The number of ether oxygens (including phenoxy) is 2. The third-order valence-corrected chi connectivity index (χ3v) is 1.63. The zero-order chi connectivity index (χ0) is 11.8. The van der Waals surface area contributed by atoms with E-state index in [9.17, 15) is 9.59 Å². The predicted molar refractivity (Wildman–Crippen MR) is 56.1 cm³/mol. The molecule has 0 N–H and O–H groups in total.